The SMILES string of the molecule is CC(C)(C)c1cc(CCC(=O)O)cc(C(=O)c2ccccc2)c1O. The quantitative estimate of drug-likeness (QED) is 0.816. The Morgan fingerprint density at radius 1 is 1.04 bits per heavy atom. The molecule has 24 heavy (non-hydrogen) atoms. The predicted molar refractivity (Wildman–Crippen MR) is 92.6 cm³/mol. The number of phenols is 1. The number of benzene rings is 2. The van der Waals surface area contributed by atoms with Crippen molar-refractivity contribution in [3.63, 3.8) is 0 Å². The predicted octanol–water partition coefficient (Wildman–Crippen LogP) is 3.94. The first kappa shape index (κ1) is 17.7. The van der Waals surface area contributed by atoms with Crippen LogP contribution >= 0.6 is 0 Å². The van der Waals surface area contributed by atoms with Gasteiger partial charge in [-0.25, -0.2) is 0 Å². The number of ketones is 1. The van der Waals surface area contributed by atoms with E-state index in [0.717, 1.165) is 5.56 Å². The van der Waals surface area contributed by atoms with E-state index in [4.69, 9.17) is 5.11 Å². The van der Waals surface area contributed by atoms with Crippen molar-refractivity contribution >= 4 is 11.8 Å². The lowest BCUT2D eigenvalue weighted by atomic mass is 9.82. The van der Waals surface area contributed by atoms with Crippen molar-refractivity contribution in [1.82, 2.24) is 0 Å². The van der Waals surface area contributed by atoms with Crippen LogP contribution in [0.25, 0.3) is 0 Å². The molecule has 2 rings (SSSR count). The molecule has 0 aromatic heterocycles. The van der Waals surface area contributed by atoms with E-state index < -0.39 is 5.97 Å². The minimum atomic E-state index is -0.892. The molecule has 0 bridgehead atoms. The Bertz CT molecular complexity index is 755. The summed E-state index contributed by atoms with van der Waals surface area (Å²) in [4.78, 5) is 23.6. The van der Waals surface area contributed by atoms with E-state index >= 15 is 0 Å². The van der Waals surface area contributed by atoms with Crippen LogP contribution in [0.5, 0.6) is 5.75 Å². The number of carboxylic acids is 1. The van der Waals surface area contributed by atoms with Crippen LogP contribution in [0.4, 0.5) is 0 Å². The van der Waals surface area contributed by atoms with Gasteiger partial charge in [0, 0.05) is 17.5 Å². The van der Waals surface area contributed by atoms with Gasteiger partial charge < -0.3 is 10.2 Å². The number of hydrogen-bond acceptors (Lipinski definition) is 3. The Labute approximate surface area is 141 Å². The lowest BCUT2D eigenvalue weighted by Gasteiger charge is -2.23. The molecule has 0 radical (unpaired) electrons. The molecule has 0 aliphatic rings. The summed E-state index contributed by atoms with van der Waals surface area (Å²) in [6.07, 6.45) is 0.293. The summed E-state index contributed by atoms with van der Waals surface area (Å²) in [5, 5.41) is 19.5. The largest absolute Gasteiger partial charge is 0.507 e. The van der Waals surface area contributed by atoms with Gasteiger partial charge in [-0.3, -0.25) is 9.59 Å². The lowest BCUT2D eigenvalue weighted by molar-refractivity contribution is -0.136. The molecule has 126 valence electrons. The second kappa shape index (κ2) is 6.87. The zero-order valence-electron chi connectivity index (χ0n) is 14.2. The average molecular weight is 326 g/mol. The topological polar surface area (TPSA) is 74.6 Å². The first-order valence-electron chi connectivity index (χ1n) is 7.88. The molecule has 0 saturated heterocycles. The fourth-order valence-electron chi connectivity index (χ4n) is 2.58. The van der Waals surface area contributed by atoms with Gasteiger partial charge in [0.25, 0.3) is 0 Å². The van der Waals surface area contributed by atoms with Gasteiger partial charge in [-0.15, -0.1) is 0 Å². The molecule has 4 heteroatoms. The van der Waals surface area contributed by atoms with Crippen molar-refractivity contribution in [1.29, 1.82) is 0 Å². The highest BCUT2D eigenvalue weighted by Gasteiger charge is 2.24. The first-order valence-corrected chi connectivity index (χ1v) is 7.88. The molecule has 0 saturated carbocycles. The number of hydrogen-bond donors (Lipinski definition) is 2. The van der Waals surface area contributed by atoms with E-state index in [1.807, 2.05) is 26.8 Å². The number of carbonyl (C=O) groups excluding carboxylic acids is 1. The second-order valence-electron chi connectivity index (χ2n) is 6.88. The fourth-order valence-corrected chi connectivity index (χ4v) is 2.58. The molecule has 0 unspecified atom stereocenters. The van der Waals surface area contributed by atoms with Crippen LogP contribution in [-0.2, 0) is 16.6 Å². The van der Waals surface area contributed by atoms with Gasteiger partial charge in [0.05, 0.1) is 5.56 Å². The Balaban J connectivity index is 2.54. The molecule has 0 heterocycles. The van der Waals surface area contributed by atoms with E-state index in [1.165, 1.54) is 0 Å². The summed E-state index contributed by atoms with van der Waals surface area (Å²) in [5.74, 6) is -1.19. The highest BCUT2D eigenvalue weighted by molar-refractivity contribution is 6.11. The second-order valence-corrected chi connectivity index (χ2v) is 6.88. The number of phenolic OH excluding ortho intramolecular Hbond substituents is 1. The minimum Gasteiger partial charge on any atom is -0.507 e. The fraction of sp³-hybridized carbons (Fsp3) is 0.300. The molecular weight excluding hydrogens is 304 g/mol. The third kappa shape index (κ3) is 4.02. The van der Waals surface area contributed by atoms with Gasteiger partial charge in [-0.2, -0.15) is 0 Å². The summed E-state index contributed by atoms with van der Waals surface area (Å²) in [7, 11) is 0. The molecular formula is C20H22O4. The van der Waals surface area contributed by atoms with Crippen LogP contribution in [-0.4, -0.2) is 22.0 Å². The average Bonchev–Trinajstić information content (AvgIpc) is 2.52. The van der Waals surface area contributed by atoms with E-state index in [9.17, 15) is 14.7 Å². The molecule has 2 N–H and O–H groups in total. The zero-order chi connectivity index (χ0) is 17.9. The minimum absolute atomic E-state index is 0.0205. The Hall–Kier alpha value is -2.62. The molecule has 0 atom stereocenters. The van der Waals surface area contributed by atoms with Crippen LogP contribution in [0.2, 0.25) is 0 Å². The third-order valence-electron chi connectivity index (χ3n) is 3.89. The maximum absolute atomic E-state index is 12.8. The van der Waals surface area contributed by atoms with E-state index in [2.05, 4.69) is 0 Å². The van der Waals surface area contributed by atoms with E-state index in [-0.39, 0.29) is 28.9 Å². The molecule has 0 spiro atoms. The molecule has 2 aromatic rings. The zero-order valence-corrected chi connectivity index (χ0v) is 14.2. The van der Waals surface area contributed by atoms with Crippen molar-refractivity contribution in [2.75, 3.05) is 0 Å². The summed E-state index contributed by atoms with van der Waals surface area (Å²) >= 11 is 0. The van der Waals surface area contributed by atoms with Gasteiger partial charge in [0.1, 0.15) is 5.75 Å². The van der Waals surface area contributed by atoms with Crippen LogP contribution in [0.15, 0.2) is 42.5 Å². The molecule has 0 aliphatic carbocycles. The monoisotopic (exact) mass is 326 g/mol. The highest BCUT2D eigenvalue weighted by atomic mass is 16.4. The van der Waals surface area contributed by atoms with Crippen molar-refractivity contribution in [3.8, 4) is 5.75 Å². The molecule has 0 amide bonds. The van der Waals surface area contributed by atoms with E-state index in [1.54, 1.807) is 36.4 Å². The molecule has 2 aromatic carbocycles. The van der Waals surface area contributed by atoms with Gasteiger partial charge in [-0.1, -0.05) is 57.2 Å². The summed E-state index contributed by atoms with van der Waals surface area (Å²) < 4.78 is 0. The molecule has 0 aliphatic heterocycles. The highest BCUT2D eigenvalue weighted by Crippen LogP contribution is 2.35. The summed E-state index contributed by atoms with van der Waals surface area (Å²) in [5.41, 5.74) is 1.72. The maximum Gasteiger partial charge on any atom is 0.303 e. The Morgan fingerprint density at radius 3 is 2.21 bits per heavy atom. The van der Waals surface area contributed by atoms with Crippen LogP contribution in [0.3, 0.4) is 0 Å². The third-order valence-corrected chi connectivity index (χ3v) is 3.89. The number of carboxylic acid groups (broad SMARTS) is 1. The van der Waals surface area contributed by atoms with Gasteiger partial charge >= 0.3 is 5.97 Å². The van der Waals surface area contributed by atoms with Gasteiger partial charge in [0.2, 0.25) is 0 Å². The Kier molecular flexibility index (Phi) is 5.07. The van der Waals surface area contributed by atoms with Crippen molar-refractivity contribution in [3.05, 3.63) is 64.7 Å². The van der Waals surface area contributed by atoms with E-state index in [0.29, 0.717) is 17.5 Å². The number of rotatable bonds is 5. The molecule has 0 fully saturated rings. The van der Waals surface area contributed by atoms with Crippen molar-refractivity contribution < 1.29 is 19.8 Å². The lowest BCUT2D eigenvalue weighted by Crippen LogP contribution is -2.15. The Morgan fingerprint density at radius 2 is 1.67 bits per heavy atom. The summed E-state index contributed by atoms with van der Waals surface area (Å²) in [6.45, 7) is 5.83. The van der Waals surface area contributed by atoms with Crippen molar-refractivity contribution in [2.45, 2.75) is 39.0 Å². The number of aryl methyl sites for hydroxylation is 1. The van der Waals surface area contributed by atoms with Gasteiger partial charge in [-0.05, 0) is 23.5 Å². The standard InChI is InChI=1S/C20H22O4/c1-20(2,3)16-12-13(9-10-17(21)22)11-15(19(16)24)18(23)14-7-5-4-6-8-14/h4-8,11-12,24H,9-10H2,1-3H3,(H,21,22). The first-order chi connectivity index (χ1) is 11.2. The maximum atomic E-state index is 12.8. The van der Waals surface area contributed by atoms with Crippen molar-refractivity contribution in [2.24, 2.45) is 0 Å². The molecule has 4 nitrogen and oxygen atoms in total. The number of aromatic hydroxyl groups is 1. The van der Waals surface area contributed by atoms with Crippen LogP contribution < -0.4 is 0 Å². The van der Waals surface area contributed by atoms with Gasteiger partial charge in [0.15, 0.2) is 5.78 Å². The normalized spacial score (nSPS) is 11.3. The number of aliphatic carboxylic acids is 1. The summed E-state index contributed by atoms with van der Waals surface area (Å²) in [6, 6.07) is 12.1. The van der Waals surface area contributed by atoms with Crippen LogP contribution in [0, 0.1) is 0 Å². The van der Waals surface area contributed by atoms with Crippen LogP contribution in [0.1, 0.15) is 54.2 Å². The number of carbonyl (C=O) groups is 2. The smallest absolute Gasteiger partial charge is 0.303 e.